The lowest BCUT2D eigenvalue weighted by molar-refractivity contribution is 0.0701. The molecule has 1 aliphatic heterocycles. The lowest BCUT2D eigenvalue weighted by atomic mass is 10.0. The van der Waals surface area contributed by atoms with Gasteiger partial charge in [0.05, 0.1) is 16.1 Å². The SMILES string of the molecule is O=C(c1sccc1Cl)N1CCC(n2c(-c3ccccc3)nc3ccc(F)cc32)CC1. The molecule has 152 valence electrons. The molecule has 2 aromatic heterocycles. The van der Waals surface area contributed by atoms with Crippen LogP contribution in [-0.4, -0.2) is 33.4 Å². The molecule has 30 heavy (non-hydrogen) atoms. The lowest BCUT2D eigenvalue weighted by Gasteiger charge is -2.33. The number of hydrogen-bond acceptors (Lipinski definition) is 3. The van der Waals surface area contributed by atoms with Gasteiger partial charge in [0.25, 0.3) is 5.91 Å². The Morgan fingerprint density at radius 3 is 2.57 bits per heavy atom. The number of rotatable bonds is 3. The highest BCUT2D eigenvalue weighted by Gasteiger charge is 2.29. The van der Waals surface area contributed by atoms with E-state index in [1.807, 2.05) is 40.6 Å². The first kappa shape index (κ1) is 19.3. The highest BCUT2D eigenvalue weighted by atomic mass is 35.5. The third-order valence-electron chi connectivity index (χ3n) is 5.61. The Kier molecular flexibility index (Phi) is 5.05. The highest BCUT2D eigenvalue weighted by molar-refractivity contribution is 7.12. The summed E-state index contributed by atoms with van der Waals surface area (Å²) in [4.78, 5) is 20.1. The normalized spacial score (nSPS) is 15.1. The molecule has 0 aliphatic carbocycles. The minimum atomic E-state index is -0.275. The van der Waals surface area contributed by atoms with E-state index in [0.29, 0.717) is 23.0 Å². The molecule has 4 nitrogen and oxygen atoms in total. The molecule has 5 rings (SSSR count). The van der Waals surface area contributed by atoms with E-state index in [2.05, 4.69) is 4.57 Å². The second-order valence-corrected chi connectivity index (χ2v) is 8.75. The number of imidazole rings is 1. The maximum atomic E-state index is 14.1. The molecular formula is C23H19ClFN3OS. The van der Waals surface area contributed by atoms with E-state index in [-0.39, 0.29) is 17.8 Å². The van der Waals surface area contributed by atoms with Crippen LogP contribution in [-0.2, 0) is 0 Å². The van der Waals surface area contributed by atoms with E-state index in [9.17, 15) is 9.18 Å². The molecule has 1 aliphatic rings. The van der Waals surface area contributed by atoms with Crippen molar-refractivity contribution in [2.75, 3.05) is 13.1 Å². The third kappa shape index (κ3) is 3.40. The molecular weight excluding hydrogens is 421 g/mol. The molecule has 4 aromatic rings. The summed E-state index contributed by atoms with van der Waals surface area (Å²) in [5.74, 6) is 0.545. The van der Waals surface area contributed by atoms with Crippen LogP contribution < -0.4 is 0 Å². The quantitative estimate of drug-likeness (QED) is 0.390. The second kappa shape index (κ2) is 7.85. The summed E-state index contributed by atoms with van der Waals surface area (Å²) in [6.07, 6.45) is 1.55. The summed E-state index contributed by atoms with van der Waals surface area (Å²) in [5, 5.41) is 2.34. The first-order valence-electron chi connectivity index (χ1n) is 9.87. The summed E-state index contributed by atoms with van der Waals surface area (Å²) >= 11 is 7.52. The van der Waals surface area contributed by atoms with Crippen LogP contribution in [0.25, 0.3) is 22.4 Å². The maximum Gasteiger partial charge on any atom is 0.265 e. The van der Waals surface area contributed by atoms with Crippen LogP contribution in [0, 0.1) is 5.82 Å². The molecule has 7 heteroatoms. The molecule has 0 spiro atoms. The number of piperidine rings is 1. The maximum absolute atomic E-state index is 14.1. The van der Waals surface area contributed by atoms with Gasteiger partial charge in [-0.1, -0.05) is 41.9 Å². The predicted molar refractivity (Wildman–Crippen MR) is 119 cm³/mol. The zero-order valence-electron chi connectivity index (χ0n) is 16.1. The first-order valence-corrected chi connectivity index (χ1v) is 11.1. The Morgan fingerprint density at radius 2 is 1.87 bits per heavy atom. The molecule has 0 saturated carbocycles. The monoisotopic (exact) mass is 439 g/mol. The molecule has 2 aromatic carbocycles. The first-order chi connectivity index (χ1) is 14.6. The number of likely N-dealkylation sites (tertiary alicyclic amines) is 1. The van der Waals surface area contributed by atoms with E-state index in [1.165, 1.54) is 17.4 Å². The number of carbonyl (C=O) groups is 1. The van der Waals surface area contributed by atoms with Gasteiger partial charge in [0.2, 0.25) is 0 Å². The molecule has 1 amide bonds. The Labute approximate surface area is 182 Å². The van der Waals surface area contributed by atoms with Crippen molar-refractivity contribution in [2.24, 2.45) is 0 Å². The minimum absolute atomic E-state index is 0.0155. The van der Waals surface area contributed by atoms with Crippen molar-refractivity contribution in [2.45, 2.75) is 18.9 Å². The van der Waals surface area contributed by atoms with Crippen molar-refractivity contribution in [3.8, 4) is 11.4 Å². The molecule has 0 radical (unpaired) electrons. The van der Waals surface area contributed by atoms with Gasteiger partial charge in [-0.25, -0.2) is 9.37 Å². The Morgan fingerprint density at radius 1 is 1.10 bits per heavy atom. The zero-order chi connectivity index (χ0) is 20.7. The van der Waals surface area contributed by atoms with Crippen LogP contribution in [0.15, 0.2) is 60.0 Å². The number of hydrogen-bond donors (Lipinski definition) is 0. The molecule has 3 heterocycles. The van der Waals surface area contributed by atoms with Gasteiger partial charge in [-0.15, -0.1) is 11.3 Å². The van der Waals surface area contributed by atoms with Gasteiger partial charge >= 0.3 is 0 Å². The van der Waals surface area contributed by atoms with Crippen molar-refractivity contribution in [1.29, 1.82) is 0 Å². The fourth-order valence-corrected chi connectivity index (χ4v) is 5.25. The number of carbonyl (C=O) groups excluding carboxylic acids is 1. The number of aromatic nitrogens is 2. The van der Waals surface area contributed by atoms with Crippen molar-refractivity contribution in [1.82, 2.24) is 14.5 Å². The molecule has 0 bridgehead atoms. The van der Waals surface area contributed by atoms with E-state index in [1.54, 1.807) is 18.2 Å². The van der Waals surface area contributed by atoms with Crippen molar-refractivity contribution >= 4 is 39.9 Å². The standard InChI is InChI=1S/C23H19ClFN3OS/c24-18-10-13-30-21(18)23(29)27-11-8-17(9-12-27)28-20-14-16(25)6-7-19(20)26-22(28)15-4-2-1-3-5-15/h1-7,10,13-14,17H,8-9,11-12H2. The summed E-state index contributed by atoms with van der Waals surface area (Å²) in [5.41, 5.74) is 2.57. The molecule has 1 saturated heterocycles. The summed E-state index contributed by atoms with van der Waals surface area (Å²) in [6.45, 7) is 1.25. The molecule has 1 fully saturated rings. The largest absolute Gasteiger partial charge is 0.338 e. The van der Waals surface area contributed by atoms with Crippen LogP contribution >= 0.6 is 22.9 Å². The zero-order valence-corrected chi connectivity index (χ0v) is 17.7. The van der Waals surface area contributed by atoms with Crippen LogP contribution in [0.4, 0.5) is 4.39 Å². The number of benzene rings is 2. The fraction of sp³-hybridized carbons (Fsp3) is 0.217. The van der Waals surface area contributed by atoms with Crippen LogP contribution in [0.3, 0.4) is 0 Å². The number of amides is 1. The van der Waals surface area contributed by atoms with Crippen LogP contribution in [0.5, 0.6) is 0 Å². The van der Waals surface area contributed by atoms with Crippen LogP contribution in [0.2, 0.25) is 5.02 Å². The topological polar surface area (TPSA) is 38.1 Å². The summed E-state index contributed by atoms with van der Waals surface area (Å²) < 4.78 is 16.2. The van der Waals surface area contributed by atoms with Gasteiger partial charge in [0.15, 0.2) is 0 Å². The Bertz CT molecular complexity index is 1210. The van der Waals surface area contributed by atoms with Gasteiger partial charge in [-0.3, -0.25) is 4.79 Å². The van der Waals surface area contributed by atoms with Gasteiger partial charge in [0.1, 0.15) is 16.5 Å². The summed E-state index contributed by atoms with van der Waals surface area (Å²) in [6, 6.07) is 16.6. The van der Waals surface area contributed by atoms with E-state index in [0.717, 1.165) is 35.3 Å². The van der Waals surface area contributed by atoms with Crippen LogP contribution in [0.1, 0.15) is 28.6 Å². The molecule has 0 N–H and O–H groups in total. The molecule has 0 atom stereocenters. The van der Waals surface area contributed by atoms with Gasteiger partial charge < -0.3 is 9.47 Å². The number of thiophene rings is 1. The fourth-order valence-electron chi connectivity index (χ4n) is 4.14. The van der Waals surface area contributed by atoms with Gasteiger partial charge in [-0.2, -0.15) is 0 Å². The van der Waals surface area contributed by atoms with Crippen molar-refractivity contribution in [3.63, 3.8) is 0 Å². The highest BCUT2D eigenvalue weighted by Crippen LogP contribution is 2.34. The third-order valence-corrected chi connectivity index (χ3v) is 6.94. The number of fused-ring (bicyclic) bond motifs is 1. The smallest absolute Gasteiger partial charge is 0.265 e. The van der Waals surface area contributed by atoms with E-state index >= 15 is 0 Å². The number of nitrogens with zero attached hydrogens (tertiary/aromatic N) is 3. The van der Waals surface area contributed by atoms with Crippen molar-refractivity contribution in [3.05, 3.63) is 75.7 Å². The molecule has 0 unspecified atom stereocenters. The predicted octanol–water partition coefficient (Wildman–Crippen LogP) is 6.03. The van der Waals surface area contributed by atoms with Gasteiger partial charge in [-0.05, 0) is 42.5 Å². The van der Waals surface area contributed by atoms with Gasteiger partial charge in [0, 0.05) is 24.7 Å². The Hall–Kier alpha value is -2.70. The Balaban J connectivity index is 1.47. The number of halogens is 2. The average Bonchev–Trinajstić information content (AvgIpc) is 3.37. The second-order valence-electron chi connectivity index (χ2n) is 7.43. The van der Waals surface area contributed by atoms with Crippen molar-refractivity contribution < 1.29 is 9.18 Å². The minimum Gasteiger partial charge on any atom is -0.338 e. The van der Waals surface area contributed by atoms with E-state index in [4.69, 9.17) is 16.6 Å². The lowest BCUT2D eigenvalue weighted by Crippen LogP contribution is -2.39. The summed E-state index contributed by atoms with van der Waals surface area (Å²) in [7, 11) is 0. The average molecular weight is 440 g/mol. The van der Waals surface area contributed by atoms with E-state index < -0.39 is 0 Å².